The minimum Gasteiger partial charge on any atom is -0.322 e. The Labute approximate surface area is 111 Å². The van der Waals surface area contributed by atoms with Gasteiger partial charge in [0.05, 0.1) is 29.8 Å². The zero-order valence-corrected chi connectivity index (χ0v) is 10.7. The topological polar surface area (TPSA) is 106 Å². The lowest BCUT2D eigenvalue weighted by Crippen LogP contribution is -2.18. The molecule has 0 radical (unpaired) electrons. The number of rotatable bonds is 3. The fourth-order valence-electron chi connectivity index (χ4n) is 1.27. The predicted octanol–water partition coefficient (Wildman–Crippen LogP) is 1.17. The number of nitrogens with one attached hydrogen (secondary N) is 2. The summed E-state index contributed by atoms with van der Waals surface area (Å²) in [4.78, 5) is 23.8. The predicted molar refractivity (Wildman–Crippen MR) is 69.7 cm³/mol. The Morgan fingerprint density at radius 3 is 2.78 bits per heavy atom. The second-order valence-corrected chi connectivity index (χ2v) is 4.06. The highest BCUT2D eigenvalue weighted by molar-refractivity contribution is 9.10. The summed E-state index contributed by atoms with van der Waals surface area (Å²) in [6, 6.07) is 1.55. The first-order valence-corrected chi connectivity index (χ1v) is 5.69. The molecule has 0 aliphatic rings. The number of aromatic nitrogens is 3. The van der Waals surface area contributed by atoms with Gasteiger partial charge in [0, 0.05) is 6.20 Å². The van der Waals surface area contributed by atoms with E-state index in [4.69, 9.17) is 5.84 Å². The number of nitrogen functional groups attached to an aromatic ring is 1. The van der Waals surface area contributed by atoms with Gasteiger partial charge in [-0.05, 0) is 22.0 Å². The van der Waals surface area contributed by atoms with Crippen molar-refractivity contribution in [1.82, 2.24) is 15.0 Å². The molecule has 0 unspecified atom stereocenters. The van der Waals surface area contributed by atoms with Crippen LogP contribution >= 0.6 is 15.9 Å². The summed E-state index contributed by atoms with van der Waals surface area (Å²) in [6.07, 6.45) is 5.90. The SMILES string of the molecule is NNc1cnccc1C(=O)Nc1cnc(Br)cn1. The lowest BCUT2D eigenvalue weighted by atomic mass is 10.2. The first-order chi connectivity index (χ1) is 8.70. The maximum atomic E-state index is 12.0. The Morgan fingerprint density at radius 1 is 1.28 bits per heavy atom. The van der Waals surface area contributed by atoms with Crippen molar-refractivity contribution >= 4 is 33.3 Å². The number of carbonyl (C=O) groups excluding carboxylic acids is 1. The molecule has 0 atom stereocenters. The first-order valence-electron chi connectivity index (χ1n) is 4.90. The smallest absolute Gasteiger partial charge is 0.259 e. The lowest BCUT2D eigenvalue weighted by molar-refractivity contribution is 0.102. The van der Waals surface area contributed by atoms with Crippen LogP contribution in [0.25, 0.3) is 0 Å². The fourth-order valence-corrected chi connectivity index (χ4v) is 1.47. The highest BCUT2D eigenvalue weighted by Crippen LogP contribution is 2.14. The normalized spacial score (nSPS) is 9.89. The Hall–Kier alpha value is -2.06. The largest absolute Gasteiger partial charge is 0.322 e. The van der Waals surface area contributed by atoms with Crippen LogP contribution in [-0.4, -0.2) is 20.9 Å². The third kappa shape index (κ3) is 2.79. The van der Waals surface area contributed by atoms with Crippen molar-refractivity contribution in [2.45, 2.75) is 0 Å². The van der Waals surface area contributed by atoms with Crippen LogP contribution in [0, 0.1) is 0 Å². The molecule has 0 fully saturated rings. The second kappa shape index (κ2) is 5.52. The molecule has 0 saturated heterocycles. The highest BCUT2D eigenvalue weighted by atomic mass is 79.9. The van der Waals surface area contributed by atoms with E-state index in [1.54, 1.807) is 6.07 Å². The molecule has 2 aromatic heterocycles. The molecule has 0 bridgehead atoms. The number of carbonyl (C=O) groups is 1. The number of amides is 1. The Bertz CT molecular complexity index is 559. The summed E-state index contributed by atoms with van der Waals surface area (Å²) >= 11 is 3.16. The van der Waals surface area contributed by atoms with Crippen molar-refractivity contribution in [1.29, 1.82) is 0 Å². The Balaban J connectivity index is 2.19. The van der Waals surface area contributed by atoms with Gasteiger partial charge in [-0.2, -0.15) is 0 Å². The van der Waals surface area contributed by atoms with E-state index in [2.05, 4.69) is 41.6 Å². The molecule has 0 aliphatic heterocycles. The van der Waals surface area contributed by atoms with Crippen LogP contribution in [0.15, 0.2) is 35.5 Å². The minimum absolute atomic E-state index is 0.345. The maximum Gasteiger partial charge on any atom is 0.259 e. The van der Waals surface area contributed by atoms with Gasteiger partial charge >= 0.3 is 0 Å². The lowest BCUT2D eigenvalue weighted by Gasteiger charge is -2.08. The van der Waals surface area contributed by atoms with E-state index in [1.165, 1.54) is 24.8 Å². The summed E-state index contributed by atoms with van der Waals surface area (Å²) < 4.78 is 0.591. The molecule has 18 heavy (non-hydrogen) atoms. The minimum atomic E-state index is -0.345. The van der Waals surface area contributed by atoms with Crippen molar-refractivity contribution in [2.75, 3.05) is 10.7 Å². The van der Waals surface area contributed by atoms with E-state index in [0.29, 0.717) is 21.7 Å². The zero-order valence-electron chi connectivity index (χ0n) is 9.09. The molecular weight excluding hydrogens is 300 g/mol. The Kier molecular flexibility index (Phi) is 3.80. The van der Waals surface area contributed by atoms with Gasteiger partial charge in [-0.25, -0.2) is 9.97 Å². The molecule has 2 aromatic rings. The number of hydrogen-bond acceptors (Lipinski definition) is 6. The molecule has 1 amide bonds. The maximum absolute atomic E-state index is 12.0. The van der Waals surface area contributed by atoms with Crippen molar-refractivity contribution in [3.8, 4) is 0 Å². The van der Waals surface area contributed by atoms with Crippen LogP contribution in [0.1, 0.15) is 10.4 Å². The van der Waals surface area contributed by atoms with Gasteiger partial charge in [-0.15, -0.1) is 0 Å². The quantitative estimate of drug-likeness (QED) is 0.580. The van der Waals surface area contributed by atoms with E-state index in [9.17, 15) is 4.79 Å². The number of anilines is 2. The zero-order chi connectivity index (χ0) is 13.0. The van der Waals surface area contributed by atoms with Crippen molar-refractivity contribution < 1.29 is 4.79 Å². The van der Waals surface area contributed by atoms with Gasteiger partial charge in [0.15, 0.2) is 5.82 Å². The Morgan fingerprint density at radius 2 is 2.11 bits per heavy atom. The van der Waals surface area contributed by atoms with E-state index in [0.717, 1.165) is 0 Å². The average Bonchev–Trinajstić information content (AvgIpc) is 2.41. The number of pyridine rings is 1. The summed E-state index contributed by atoms with van der Waals surface area (Å²) in [5, 5.41) is 2.60. The molecule has 2 rings (SSSR count). The second-order valence-electron chi connectivity index (χ2n) is 3.24. The van der Waals surface area contributed by atoms with Crippen LogP contribution in [-0.2, 0) is 0 Å². The van der Waals surface area contributed by atoms with Crippen molar-refractivity contribution in [3.05, 3.63) is 41.0 Å². The van der Waals surface area contributed by atoms with Gasteiger partial charge in [0.25, 0.3) is 5.91 Å². The number of hydrazine groups is 1. The number of nitrogens with two attached hydrogens (primary N) is 1. The van der Waals surface area contributed by atoms with Crippen LogP contribution < -0.4 is 16.6 Å². The molecule has 0 aliphatic carbocycles. The van der Waals surface area contributed by atoms with E-state index >= 15 is 0 Å². The van der Waals surface area contributed by atoms with Gasteiger partial charge < -0.3 is 10.7 Å². The number of nitrogens with zero attached hydrogens (tertiary/aromatic N) is 3. The van der Waals surface area contributed by atoms with Gasteiger partial charge in [-0.1, -0.05) is 0 Å². The molecule has 7 nitrogen and oxygen atoms in total. The van der Waals surface area contributed by atoms with E-state index in [1.807, 2.05) is 0 Å². The highest BCUT2D eigenvalue weighted by Gasteiger charge is 2.11. The third-order valence-corrected chi connectivity index (χ3v) is 2.49. The number of halogens is 1. The van der Waals surface area contributed by atoms with Crippen molar-refractivity contribution in [2.24, 2.45) is 5.84 Å². The molecule has 2 heterocycles. The molecular formula is C10H9BrN6O. The van der Waals surface area contributed by atoms with E-state index < -0.39 is 0 Å². The number of hydrogen-bond donors (Lipinski definition) is 3. The summed E-state index contributed by atoms with van der Waals surface area (Å²) in [5.74, 6) is 5.30. The first kappa shape index (κ1) is 12.4. The van der Waals surface area contributed by atoms with Crippen LogP contribution in [0.2, 0.25) is 0 Å². The molecule has 8 heteroatoms. The van der Waals surface area contributed by atoms with Gasteiger partial charge in [0.2, 0.25) is 0 Å². The monoisotopic (exact) mass is 308 g/mol. The molecule has 0 saturated carbocycles. The molecule has 0 aromatic carbocycles. The summed E-state index contributed by atoms with van der Waals surface area (Å²) in [5.41, 5.74) is 3.21. The van der Waals surface area contributed by atoms with Crippen molar-refractivity contribution in [3.63, 3.8) is 0 Å². The third-order valence-electron chi connectivity index (χ3n) is 2.08. The molecule has 0 spiro atoms. The van der Waals surface area contributed by atoms with E-state index in [-0.39, 0.29) is 5.91 Å². The van der Waals surface area contributed by atoms with Crippen LogP contribution in [0.5, 0.6) is 0 Å². The molecule has 4 N–H and O–H groups in total. The fraction of sp³-hybridized carbons (Fsp3) is 0. The van der Waals surface area contributed by atoms with Crippen LogP contribution in [0.4, 0.5) is 11.5 Å². The summed E-state index contributed by atoms with van der Waals surface area (Å²) in [6.45, 7) is 0. The molecule has 92 valence electrons. The summed E-state index contributed by atoms with van der Waals surface area (Å²) in [7, 11) is 0. The standard InChI is InChI=1S/C10H9BrN6O/c11-8-4-15-9(5-14-8)16-10(18)6-1-2-13-3-7(6)17-12/h1-5,17H,12H2,(H,15,16,18). The van der Waals surface area contributed by atoms with Crippen LogP contribution in [0.3, 0.4) is 0 Å². The van der Waals surface area contributed by atoms with Gasteiger partial charge in [-0.3, -0.25) is 15.6 Å². The van der Waals surface area contributed by atoms with Gasteiger partial charge in [0.1, 0.15) is 4.60 Å². The average molecular weight is 309 g/mol.